The average Bonchev–Trinajstić information content (AvgIpc) is 3.28. The van der Waals surface area contributed by atoms with Gasteiger partial charge in [0.1, 0.15) is 0 Å². The number of anilines is 2. The van der Waals surface area contributed by atoms with E-state index in [0.717, 1.165) is 24.3 Å². The number of nitrogens with zero attached hydrogens (tertiary/aromatic N) is 2. The second-order valence-electron chi connectivity index (χ2n) is 7.68. The Kier molecular flexibility index (Phi) is 8.20. The second kappa shape index (κ2) is 10.9. The van der Waals surface area contributed by atoms with Crippen LogP contribution in [0.2, 0.25) is 0 Å². The maximum Gasteiger partial charge on any atom is 0.243 e. The van der Waals surface area contributed by atoms with E-state index in [0.29, 0.717) is 36.7 Å². The van der Waals surface area contributed by atoms with Gasteiger partial charge in [-0.15, -0.1) is 0 Å². The first kappa shape index (κ1) is 24.9. The van der Waals surface area contributed by atoms with Gasteiger partial charge < -0.3 is 19.7 Å². The number of nitrogens with one attached hydrogen (secondary N) is 1. The van der Waals surface area contributed by atoms with Gasteiger partial charge in [-0.1, -0.05) is 19.9 Å². The van der Waals surface area contributed by atoms with E-state index in [1.165, 1.54) is 4.31 Å². The lowest BCUT2D eigenvalue weighted by Gasteiger charge is -2.26. The normalized spacial score (nSPS) is 12.8. The van der Waals surface area contributed by atoms with Crippen molar-refractivity contribution in [2.75, 3.05) is 43.2 Å². The highest BCUT2D eigenvalue weighted by atomic mass is 32.2. The minimum Gasteiger partial charge on any atom is -0.454 e. The van der Waals surface area contributed by atoms with E-state index in [9.17, 15) is 13.2 Å². The standard InChI is InChI=1S/C24H33N3O5S/c1-5-26(6-2)21-12-11-19(33(29,30)27(7-3)8-4)16-20(21)25-24(28)14-10-18-9-13-22-23(15-18)32-17-31-22/h9,11-13,15-16H,5-8,10,14,17H2,1-4H3,(H,25,28). The number of carbonyl (C=O) groups is 1. The van der Waals surface area contributed by atoms with E-state index in [1.54, 1.807) is 18.2 Å². The summed E-state index contributed by atoms with van der Waals surface area (Å²) in [5, 5.41) is 2.95. The highest BCUT2D eigenvalue weighted by molar-refractivity contribution is 7.89. The zero-order valence-electron chi connectivity index (χ0n) is 19.8. The molecule has 0 saturated carbocycles. The van der Waals surface area contributed by atoms with Crippen molar-refractivity contribution >= 4 is 27.3 Å². The summed E-state index contributed by atoms with van der Waals surface area (Å²) in [5.41, 5.74) is 2.27. The van der Waals surface area contributed by atoms with Crippen LogP contribution in [0.3, 0.4) is 0 Å². The van der Waals surface area contributed by atoms with Crippen LogP contribution in [-0.4, -0.2) is 51.6 Å². The minimum atomic E-state index is -3.64. The number of hydrogen-bond acceptors (Lipinski definition) is 6. The fourth-order valence-electron chi connectivity index (χ4n) is 3.90. The largest absolute Gasteiger partial charge is 0.454 e. The predicted octanol–water partition coefficient (Wildman–Crippen LogP) is 3.86. The van der Waals surface area contributed by atoms with Crippen LogP contribution in [0, 0.1) is 0 Å². The van der Waals surface area contributed by atoms with E-state index in [1.807, 2.05) is 45.9 Å². The zero-order chi connectivity index (χ0) is 24.0. The van der Waals surface area contributed by atoms with Crippen LogP contribution in [-0.2, 0) is 21.2 Å². The minimum absolute atomic E-state index is 0.174. The van der Waals surface area contributed by atoms with Crippen LogP contribution in [0.15, 0.2) is 41.3 Å². The van der Waals surface area contributed by atoms with E-state index in [-0.39, 0.29) is 24.0 Å². The highest BCUT2D eigenvalue weighted by Gasteiger charge is 2.24. The van der Waals surface area contributed by atoms with Crippen LogP contribution < -0.4 is 19.7 Å². The average molecular weight is 476 g/mol. The van der Waals surface area contributed by atoms with Crippen molar-refractivity contribution in [3.05, 3.63) is 42.0 Å². The Labute approximate surface area is 196 Å². The van der Waals surface area contributed by atoms with E-state index in [2.05, 4.69) is 10.2 Å². The number of benzene rings is 2. The van der Waals surface area contributed by atoms with Crippen molar-refractivity contribution in [2.24, 2.45) is 0 Å². The maximum atomic E-state index is 13.0. The molecule has 3 rings (SSSR count). The van der Waals surface area contributed by atoms with Crippen molar-refractivity contribution in [3.63, 3.8) is 0 Å². The molecule has 2 aromatic rings. The summed E-state index contributed by atoms with van der Waals surface area (Å²) in [6.07, 6.45) is 0.783. The van der Waals surface area contributed by atoms with Gasteiger partial charge >= 0.3 is 0 Å². The molecular formula is C24H33N3O5S. The van der Waals surface area contributed by atoms with Crippen molar-refractivity contribution in [2.45, 2.75) is 45.4 Å². The summed E-state index contributed by atoms with van der Waals surface area (Å²) in [6.45, 7) is 10.1. The van der Waals surface area contributed by atoms with Gasteiger partial charge in [0, 0.05) is 32.6 Å². The third kappa shape index (κ3) is 5.59. The molecule has 1 amide bonds. The molecule has 8 nitrogen and oxygen atoms in total. The molecule has 0 spiro atoms. The molecule has 0 aliphatic carbocycles. The number of carbonyl (C=O) groups excluding carboxylic acids is 1. The van der Waals surface area contributed by atoms with Crippen molar-refractivity contribution in [1.29, 1.82) is 0 Å². The third-order valence-corrected chi connectivity index (χ3v) is 7.81. The van der Waals surface area contributed by atoms with Gasteiger partial charge in [-0.05, 0) is 56.2 Å². The number of ether oxygens (including phenoxy) is 2. The molecular weight excluding hydrogens is 442 g/mol. The molecule has 1 N–H and O–H groups in total. The van der Waals surface area contributed by atoms with Gasteiger partial charge in [0.15, 0.2) is 11.5 Å². The summed E-state index contributed by atoms with van der Waals surface area (Å²) < 4.78 is 38.2. The predicted molar refractivity (Wildman–Crippen MR) is 130 cm³/mol. The smallest absolute Gasteiger partial charge is 0.243 e. The van der Waals surface area contributed by atoms with Crippen LogP contribution in [0.4, 0.5) is 11.4 Å². The molecule has 2 aromatic carbocycles. The van der Waals surface area contributed by atoms with Crippen LogP contribution in [0.25, 0.3) is 0 Å². The maximum absolute atomic E-state index is 13.0. The first-order valence-electron chi connectivity index (χ1n) is 11.4. The summed E-state index contributed by atoms with van der Waals surface area (Å²) in [6, 6.07) is 10.6. The molecule has 1 heterocycles. The van der Waals surface area contributed by atoms with Crippen molar-refractivity contribution in [3.8, 4) is 11.5 Å². The number of rotatable bonds is 11. The molecule has 1 aliphatic rings. The number of hydrogen-bond donors (Lipinski definition) is 1. The summed E-state index contributed by atoms with van der Waals surface area (Å²) in [5.74, 6) is 1.21. The number of aryl methyl sites for hydroxylation is 1. The molecule has 180 valence electrons. The molecule has 0 unspecified atom stereocenters. The van der Waals surface area contributed by atoms with E-state index >= 15 is 0 Å². The lowest BCUT2D eigenvalue weighted by atomic mass is 10.1. The zero-order valence-corrected chi connectivity index (χ0v) is 20.6. The molecule has 0 aromatic heterocycles. The van der Waals surface area contributed by atoms with E-state index < -0.39 is 10.0 Å². The van der Waals surface area contributed by atoms with Crippen molar-refractivity contribution in [1.82, 2.24) is 4.31 Å². The molecule has 0 atom stereocenters. The highest BCUT2D eigenvalue weighted by Crippen LogP contribution is 2.33. The van der Waals surface area contributed by atoms with Crippen LogP contribution >= 0.6 is 0 Å². The molecule has 0 bridgehead atoms. The Morgan fingerprint density at radius 2 is 1.64 bits per heavy atom. The first-order chi connectivity index (χ1) is 15.8. The van der Waals surface area contributed by atoms with Gasteiger partial charge in [-0.25, -0.2) is 8.42 Å². The molecule has 33 heavy (non-hydrogen) atoms. The summed E-state index contributed by atoms with van der Waals surface area (Å²) in [4.78, 5) is 15.1. The van der Waals surface area contributed by atoms with Crippen molar-refractivity contribution < 1.29 is 22.7 Å². The Morgan fingerprint density at radius 1 is 0.939 bits per heavy atom. The van der Waals surface area contributed by atoms with Gasteiger partial charge in [-0.2, -0.15) is 4.31 Å². The van der Waals surface area contributed by atoms with Crippen LogP contribution in [0.1, 0.15) is 39.7 Å². The monoisotopic (exact) mass is 475 g/mol. The first-order valence-corrected chi connectivity index (χ1v) is 12.8. The number of amides is 1. The third-order valence-electron chi connectivity index (χ3n) is 5.77. The molecule has 0 saturated heterocycles. The topological polar surface area (TPSA) is 88.2 Å². The second-order valence-corrected chi connectivity index (χ2v) is 9.61. The number of fused-ring (bicyclic) bond motifs is 1. The van der Waals surface area contributed by atoms with E-state index in [4.69, 9.17) is 9.47 Å². The molecule has 1 aliphatic heterocycles. The number of sulfonamides is 1. The summed E-state index contributed by atoms with van der Waals surface area (Å²) in [7, 11) is -3.64. The van der Waals surface area contributed by atoms with Gasteiger partial charge in [0.25, 0.3) is 0 Å². The van der Waals surface area contributed by atoms with Crippen LogP contribution in [0.5, 0.6) is 11.5 Å². The lowest BCUT2D eigenvalue weighted by Crippen LogP contribution is -2.31. The van der Waals surface area contributed by atoms with Gasteiger partial charge in [-0.3, -0.25) is 4.79 Å². The molecule has 0 radical (unpaired) electrons. The Bertz CT molecular complexity index is 1080. The summed E-state index contributed by atoms with van der Waals surface area (Å²) >= 11 is 0. The fraction of sp³-hybridized carbons (Fsp3) is 0.458. The quantitative estimate of drug-likeness (QED) is 0.531. The molecule has 0 fully saturated rings. The fourth-order valence-corrected chi connectivity index (χ4v) is 5.38. The lowest BCUT2D eigenvalue weighted by molar-refractivity contribution is -0.116. The van der Waals surface area contributed by atoms with Gasteiger partial charge in [0.2, 0.25) is 22.7 Å². The Balaban J connectivity index is 1.81. The Morgan fingerprint density at radius 3 is 2.30 bits per heavy atom. The molecule has 9 heteroatoms. The Hall–Kier alpha value is -2.78. The SMILES string of the molecule is CCN(CC)c1ccc(S(=O)(=O)N(CC)CC)cc1NC(=O)CCc1ccc2c(c1)OCO2. The van der Waals surface area contributed by atoms with Gasteiger partial charge in [0.05, 0.1) is 16.3 Å².